The summed E-state index contributed by atoms with van der Waals surface area (Å²) in [6.07, 6.45) is -0.348. The molecular weight excluding hydrogens is 454 g/mol. The lowest BCUT2D eigenvalue weighted by Crippen LogP contribution is -2.38. The van der Waals surface area contributed by atoms with Crippen LogP contribution < -0.4 is 15.4 Å². The van der Waals surface area contributed by atoms with Gasteiger partial charge >= 0.3 is 18.2 Å². The molecule has 5 atom stereocenters. The number of hydrogen-bond acceptors (Lipinski definition) is 8. The lowest BCUT2D eigenvalue weighted by molar-refractivity contribution is -0.384. The van der Waals surface area contributed by atoms with E-state index in [1.54, 1.807) is 25.6 Å². The summed E-state index contributed by atoms with van der Waals surface area (Å²) >= 11 is 1.75. The number of carbonyl (C=O) groups is 3. The number of hydrogen-bond donors (Lipinski definition) is 3. The van der Waals surface area contributed by atoms with E-state index in [4.69, 9.17) is 9.47 Å². The molecule has 2 saturated heterocycles. The van der Waals surface area contributed by atoms with E-state index in [0.29, 0.717) is 12.8 Å². The quantitative estimate of drug-likeness (QED) is 0.150. The van der Waals surface area contributed by atoms with Crippen molar-refractivity contribution in [1.29, 1.82) is 0 Å². The standard InChI is InChI=1S/C21H27N3O8S/c1-11(2)18(32-21(28)31-13-8-6-12(7-9-13)24(29)30)14(19(25)26)4-3-5-16-17-15(10-33-16)22-20(27)23-17/h6-9,11,14-18H,3-5,10H2,1-2H3,(H,25,26)(H2,22,23,27)/t14?,15?,16-,17?,18?/m0/s1. The van der Waals surface area contributed by atoms with E-state index < -0.39 is 29.1 Å². The zero-order valence-electron chi connectivity index (χ0n) is 18.3. The first kappa shape index (κ1) is 24.6. The molecule has 11 nitrogen and oxygen atoms in total. The van der Waals surface area contributed by atoms with Crippen molar-refractivity contribution >= 4 is 35.6 Å². The third kappa shape index (κ3) is 6.28. The molecule has 2 fully saturated rings. The predicted molar refractivity (Wildman–Crippen MR) is 119 cm³/mol. The molecular formula is C21H27N3O8S. The maximum absolute atomic E-state index is 12.3. The van der Waals surface area contributed by atoms with Crippen molar-refractivity contribution in [3.63, 3.8) is 0 Å². The molecule has 1 aromatic rings. The lowest BCUT2D eigenvalue weighted by Gasteiger charge is -2.27. The van der Waals surface area contributed by atoms with Crippen LogP contribution in [0.15, 0.2) is 24.3 Å². The summed E-state index contributed by atoms with van der Waals surface area (Å²) < 4.78 is 10.5. The monoisotopic (exact) mass is 481 g/mol. The van der Waals surface area contributed by atoms with Crippen LogP contribution in [0.25, 0.3) is 0 Å². The molecule has 0 aromatic heterocycles. The van der Waals surface area contributed by atoms with Gasteiger partial charge < -0.3 is 25.2 Å². The molecule has 3 N–H and O–H groups in total. The van der Waals surface area contributed by atoms with Gasteiger partial charge in [-0.2, -0.15) is 11.8 Å². The number of fused-ring (bicyclic) bond motifs is 1. The van der Waals surface area contributed by atoms with Crippen LogP contribution in [-0.2, 0) is 9.53 Å². The van der Waals surface area contributed by atoms with E-state index >= 15 is 0 Å². The van der Waals surface area contributed by atoms with Crippen LogP contribution in [0.5, 0.6) is 5.75 Å². The Morgan fingerprint density at radius 1 is 1.27 bits per heavy atom. The smallest absolute Gasteiger partial charge is 0.481 e. The van der Waals surface area contributed by atoms with Gasteiger partial charge in [0.05, 0.1) is 22.9 Å². The molecule has 180 valence electrons. The van der Waals surface area contributed by atoms with Crippen molar-refractivity contribution < 1.29 is 33.9 Å². The molecule has 0 spiro atoms. The van der Waals surface area contributed by atoms with E-state index in [1.165, 1.54) is 24.3 Å². The van der Waals surface area contributed by atoms with Gasteiger partial charge in [-0.25, -0.2) is 9.59 Å². The van der Waals surface area contributed by atoms with Gasteiger partial charge in [0.25, 0.3) is 5.69 Å². The van der Waals surface area contributed by atoms with Gasteiger partial charge in [-0.1, -0.05) is 20.3 Å². The van der Waals surface area contributed by atoms with E-state index in [2.05, 4.69) is 10.6 Å². The minimum absolute atomic E-state index is 0.0413. The number of non-ortho nitro benzene ring substituents is 1. The van der Waals surface area contributed by atoms with Crippen molar-refractivity contribution in [1.82, 2.24) is 10.6 Å². The number of urea groups is 1. The highest BCUT2D eigenvalue weighted by atomic mass is 32.2. The van der Waals surface area contributed by atoms with Crippen LogP contribution in [0.1, 0.15) is 33.1 Å². The summed E-state index contributed by atoms with van der Waals surface area (Å²) in [6, 6.07) is 4.89. The van der Waals surface area contributed by atoms with E-state index in [-0.39, 0.29) is 40.7 Å². The van der Waals surface area contributed by atoms with Crippen molar-refractivity contribution in [2.45, 2.75) is 56.5 Å². The number of ether oxygens (including phenoxy) is 2. The third-order valence-electron chi connectivity index (χ3n) is 5.79. The molecule has 33 heavy (non-hydrogen) atoms. The molecule has 2 amide bonds. The van der Waals surface area contributed by atoms with Crippen LogP contribution in [0.4, 0.5) is 15.3 Å². The van der Waals surface area contributed by atoms with Crippen LogP contribution in [0.3, 0.4) is 0 Å². The maximum Gasteiger partial charge on any atom is 0.514 e. The SMILES string of the molecule is CC(C)C(OC(=O)Oc1ccc([N+](=O)[O-])cc1)C(CCC[C@@H]1SCC2NC(=O)NC21)C(=O)O. The fraction of sp³-hybridized carbons (Fsp3) is 0.571. The molecule has 0 radical (unpaired) electrons. The second-order valence-corrected chi connectivity index (χ2v) is 9.70. The number of nitrogens with one attached hydrogen (secondary N) is 2. The largest absolute Gasteiger partial charge is 0.514 e. The van der Waals surface area contributed by atoms with E-state index in [0.717, 1.165) is 12.2 Å². The summed E-state index contributed by atoms with van der Waals surface area (Å²) in [4.78, 5) is 45.9. The number of nitro groups is 1. The van der Waals surface area contributed by atoms with E-state index in [9.17, 15) is 29.6 Å². The molecule has 12 heteroatoms. The van der Waals surface area contributed by atoms with Crippen molar-refractivity contribution in [2.24, 2.45) is 11.8 Å². The Hall–Kier alpha value is -3.02. The predicted octanol–water partition coefficient (Wildman–Crippen LogP) is 3.17. The number of nitro benzene ring substituents is 1. The number of carboxylic acids is 1. The number of aliphatic carboxylic acids is 1. The van der Waals surface area contributed by atoms with Crippen LogP contribution in [0.2, 0.25) is 0 Å². The topological polar surface area (TPSA) is 157 Å². The molecule has 0 aliphatic carbocycles. The van der Waals surface area contributed by atoms with Gasteiger partial charge in [-0.05, 0) is 30.9 Å². The first-order valence-corrected chi connectivity index (χ1v) is 11.7. The first-order chi connectivity index (χ1) is 15.7. The maximum atomic E-state index is 12.3. The highest BCUT2D eigenvalue weighted by Gasteiger charge is 2.43. The number of benzene rings is 1. The van der Waals surface area contributed by atoms with Crippen molar-refractivity contribution in [2.75, 3.05) is 5.75 Å². The second-order valence-electron chi connectivity index (χ2n) is 8.43. The van der Waals surface area contributed by atoms with Gasteiger partial charge in [-0.3, -0.25) is 14.9 Å². The van der Waals surface area contributed by atoms with Gasteiger partial charge in [0, 0.05) is 23.1 Å². The highest BCUT2D eigenvalue weighted by Crippen LogP contribution is 2.34. The number of amides is 2. The average Bonchev–Trinajstić information content (AvgIpc) is 3.29. The van der Waals surface area contributed by atoms with Crippen LogP contribution >= 0.6 is 11.8 Å². The minimum Gasteiger partial charge on any atom is -0.481 e. The Labute approximate surface area is 194 Å². The number of rotatable bonds is 10. The Morgan fingerprint density at radius 2 is 1.97 bits per heavy atom. The van der Waals surface area contributed by atoms with Gasteiger partial charge in [0.2, 0.25) is 0 Å². The summed E-state index contributed by atoms with van der Waals surface area (Å²) in [5.41, 5.74) is -0.151. The number of nitrogens with zero attached hydrogens (tertiary/aromatic N) is 1. The third-order valence-corrected chi connectivity index (χ3v) is 7.30. The number of carboxylic acid groups (broad SMARTS) is 1. The van der Waals surface area contributed by atoms with Crippen LogP contribution in [0, 0.1) is 22.0 Å². The first-order valence-electron chi connectivity index (χ1n) is 10.7. The van der Waals surface area contributed by atoms with Crippen LogP contribution in [-0.4, -0.2) is 57.4 Å². The molecule has 2 aliphatic heterocycles. The minimum atomic E-state index is -1.07. The fourth-order valence-electron chi connectivity index (χ4n) is 4.16. The fourth-order valence-corrected chi connectivity index (χ4v) is 5.70. The highest BCUT2D eigenvalue weighted by molar-refractivity contribution is 8.00. The molecule has 0 bridgehead atoms. The molecule has 2 heterocycles. The van der Waals surface area contributed by atoms with E-state index in [1.807, 2.05) is 0 Å². The molecule has 4 unspecified atom stereocenters. The summed E-state index contributed by atoms with van der Waals surface area (Å²) in [5, 5.41) is 26.5. The van der Waals surface area contributed by atoms with Gasteiger partial charge in [-0.15, -0.1) is 0 Å². The zero-order valence-corrected chi connectivity index (χ0v) is 19.1. The normalized spacial score (nSPS) is 23.2. The Balaban J connectivity index is 1.55. The average molecular weight is 482 g/mol. The van der Waals surface area contributed by atoms with Crippen molar-refractivity contribution in [3.8, 4) is 5.75 Å². The molecule has 2 aliphatic rings. The van der Waals surface area contributed by atoms with Gasteiger partial charge in [0.15, 0.2) is 0 Å². The zero-order chi connectivity index (χ0) is 24.1. The Kier molecular flexibility index (Phi) is 8.01. The molecule has 3 rings (SSSR count). The number of thioether (sulfide) groups is 1. The number of carbonyl (C=O) groups excluding carboxylic acids is 2. The molecule has 1 aromatic carbocycles. The summed E-state index contributed by atoms with van der Waals surface area (Å²) in [5.74, 6) is -1.39. The summed E-state index contributed by atoms with van der Waals surface area (Å²) in [6.45, 7) is 3.52. The van der Waals surface area contributed by atoms with Crippen molar-refractivity contribution in [3.05, 3.63) is 34.4 Å². The molecule has 0 saturated carbocycles. The second kappa shape index (κ2) is 10.7. The lowest BCUT2D eigenvalue weighted by atomic mass is 9.88. The Bertz CT molecular complexity index is 894. The van der Waals surface area contributed by atoms with Gasteiger partial charge in [0.1, 0.15) is 11.9 Å². The summed E-state index contributed by atoms with van der Waals surface area (Å²) in [7, 11) is 0. The Morgan fingerprint density at radius 3 is 2.58 bits per heavy atom.